The average Bonchev–Trinajstić information content (AvgIpc) is 2.60. The van der Waals surface area contributed by atoms with Crippen molar-refractivity contribution in [1.29, 1.82) is 0 Å². The van der Waals surface area contributed by atoms with Crippen LogP contribution in [0, 0.1) is 0 Å². The van der Waals surface area contributed by atoms with Crippen LogP contribution in [0.2, 0.25) is 10.0 Å². The normalized spacial score (nSPS) is 11.5. The summed E-state index contributed by atoms with van der Waals surface area (Å²) in [5.74, 6) is -0.445. The second-order valence-electron chi connectivity index (χ2n) is 5.47. The smallest absolute Gasteiger partial charge is 0.307 e. The molecular formula is C18H19Cl2NO4S. The molecule has 140 valence electrons. The van der Waals surface area contributed by atoms with Crippen molar-refractivity contribution in [2.75, 3.05) is 13.2 Å². The quantitative estimate of drug-likeness (QED) is 0.607. The van der Waals surface area contributed by atoms with E-state index in [1.54, 1.807) is 31.2 Å². The molecule has 5 nitrogen and oxygen atoms in total. The lowest BCUT2D eigenvalue weighted by molar-refractivity contribution is -0.143. The van der Waals surface area contributed by atoms with Crippen molar-refractivity contribution in [3.8, 4) is 0 Å². The average molecular weight is 416 g/mol. The van der Waals surface area contributed by atoms with Gasteiger partial charge in [-0.2, -0.15) is 4.31 Å². The lowest BCUT2D eigenvalue weighted by Gasteiger charge is -2.22. The predicted molar refractivity (Wildman–Crippen MR) is 102 cm³/mol. The first-order chi connectivity index (χ1) is 12.3. The van der Waals surface area contributed by atoms with E-state index in [4.69, 9.17) is 27.9 Å². The van der Waals surface area contributed by atoms with Gasteiger partial charge in [-0.25, -0.2) is 8.42 Å². The number of hydrogen-bond acceptors (Lipinski definition) is 4. The number of sulfonamides is 1. The Kier molecular flexibility index (Phi) is 7.46. The van der Waals surface area contributed by atoms with E-state index in [1.165, 1.54) is 28.6 Å². The zero-order chi connectivity index (χ0) is 19.2. The minimum atomic E-state index is -3.80. The molecular weight excluding hydrogens is 397 g/mol. The molecule has 0 heterocycles. The first-order valence-electron chi connectivity index (χ1n) is 7.98. The van der Waals surface area contributed by atoms with Crippen LogP contribution in [0.25, 0.3) is 0 Å². The summed E-state index contributed by atoms with van der Waals surface area (Å²) in [4.78, 5) is 11.8. The summed E-state index contributed by atoms with van der Waals surface area (Å²) in [5, 5.41) is 1.01. The fraction of sp³-hybridized carbons (Fsp3) is 0.278. The number of rotatable bonds is 8. The third kappa shape index (κ3) is 5.71. The van der Waals surface area contributed by atoms with Crippen LogP contribution in [0.1, 0.15) is 18.9 Å². The van der Waals surface area contributed by atoms with Crippen LogP contribution >= 0.6 is 23.2 Å². The molecule has 0 aliphatic heterocycles. The minimum absolute atomic E-state index is 0.00637. The summed E-state index contributed by atoms with van der Waals surface area (Å²) in [6.07, 6.45) is -0.0335. The number of esters is 1. The highest BCUT2D eigenvalue weighted by Gasteiger charge is 2.25. The fourth-order valence-electron chi connectivity index (χ4n) is 2.28. The van der Waals surface area contributed by atoms with E-state index in [2.05, 4.69) is 0 Å². The fourth-order valence-corrected chi connectivity index (χ4v) is 3.96. The third-order valence-electron chi connectivity index (χ3n) is 3.59. The molecule has 0 N–H and O–H groups in total. The topological polar surface area (TPSA) is 63.7 Å². The van der Waals surface area contributed by atoms with Crippen molar-refractivity contribution in [2.24, 2.45) is 0 Å². The van der Waals surface area contributed by atoms with Crippen molar-refractivity contribution in [1.82, 2.24) is 4.31 Å². The number of nitrogens with zero attached hydrogens (tertiary/aromatic N) is 1. The summed E-state index contributed by atoms with van der Waals surface area (Å²) in [7, 11) is -3.80. The second kappa shape index (κ2) is 9.37. The summed E-state index contributed by atoms with van der Waals surface area (Å²) in [5.41, 5.74) is 0.760. The van der Waals surface area contributed by atoms with Crippen LogP contribution in [0.5, 0.6) is 0 Å². The van der Waals surface area contributed by atoms with Crippen LogP contribution in [0.15, 0.2) is 53.4 Å². The van der Waals surface area contributed by atoms with Crippen LogP contribution < -0.4 is 0 Å². The summed E-state index contributed by atoms with van der Waals surface area (Å²) in [6, 6.07) is 12.8. The van der Waals surface area contributed by atoms with E-state index in [0.717, 1.165) is 5.56 Å². The van der Waals surface area contributed by atoms with Gasteiger partial charge in [0.05, 0.1) is 17.9 Å². The Morgan fingerprint density at radius 1 is 1.00 bits per heavy atom. The molecule has 0 amide bonds. The Balaban J connectivity index is 2.27. The Hall–Kier alpha value is -1.60. The largest absolute Gasteiger partial charge is 0.466 e. The van der Waals surface area contributed by atoms with Crippen molar-refractivity contribution < 1.29 is 17.9 Å². The van der Waals surface area contributed by atoms with E-state index in [0.29, 0.717) is 10.0 Å². The summed E-state index contributed by atoms with van der Waals surface area (Å²) < 4.78 is 32.1. The van der Waals surface area contributed by atoms with Crippen molar-refractivity contribution in [2.45, 2.75) is 24.8 Å². The van der Waals surface area contributed by atoms with Crippen molar-refractivity contribution in [3.63, 3.8) is 0 Å². The molecule has 0 atom stereocenters. The van der Waals surface area contributed by atoms with Gasteiger partial charge in [-0.05, 0) is 48.9 Å². The van der Waals surface area contributed by atoms with Gasteiger partial charge < -0.3 is 4.74 Å². The van der Waals surface area contributed by atoms with E-state index < -0.39 is 16.0 Å². The number of carbonyl (C=O) groups excluding carboxylic acids is 1. The highest BCUT2D eigenvalue weighted by atomic mass is 35.5. The van der Waals surface area contributed by atoms with Gasteiger partial charge in [0.2, 0.25) is 10.0 Å². The third-order valence-corrected chi connectivity index (χ3v) is 5.96. The second-order valence-corrected chi connectivity index (χ2v) is 8.28. The van der Waals surface area contributed by atoms with Crippen LogP contribution in [-0.2, 0) is 26.1 Å². The van der Waals surface area contributed by atoms with Crippen molar-refractivity contribution in [3.05, 3.63) is 64.1 Å². The molecule has 0 fully saturated rings. The van der Waals surface area contributed by atoms with Crippen LogP contribution in [-0.4, -0.2) is 31.8 Å². The monoisotopic (exact) mass is 415 g/mol. The van der Waals surface area contributed by atoms with Gasteiger partial charge in [0.15, 0.2) is 0 Å². The van der Waals surface area contributed by atoms with Crippen LogP contribution in [0.4, 0.5) is 0 Å². The maximum atomic E-state index is 13.0. The molecule has 0 aliphatic rings. The molecule has 0 radical (unpaired) electrons. The van der Waals surface area contributed by atoms with E-state index >= 15 is 0 Å². The molecule has 2 aromatic carbocycles. The van der Waals surface area contributed by atoms with Gasteiger partial charge in [-0.15, -0.1) is 0 Å². The van der Waals surface area contributed by atoms with Gasteiger partial charge >= 0.3 is 5.97 Å². The van der Waals surface area contributed by atoms with E-state index in [1.807, 2.05) is 0 Å². The Labute approximate surface area is 163 Å². The number of benzene rings is 2. The lowest BCUT2D eigenvalue weighted by atomic mass is 10.2. The summed E-state index contributed by atoms with van der Waals surface area (Å²) >= 11 is 11.7. The maximum absolute atomic E-state index is 13.0. The maximum Gasteiger partial charge on any atom is 0.307 e. The Bertz CT molecular complexity index is 836. The molecule has 0 aliphatic carbocycles. The van der Waals surface area contributed by atoms with Gasteiger partial charge in [0.1, 0.15) is 0 Å². The first kappa shape index (κ1) is 20.7. The molecule has 8 heteroatoms. The molecule has 2 aromatic rings. The van der Waals surface area contributed by atoms with Gasteiger partial charge in [0.25, 0.3) is 0 Å². The van der Waals surface area contributed by atoms with Gasteiger partial charge in [0, 0.05) is 23.1 Å². The predicted octanol–water partition coefficient (Wildman–Crippen LogP) is 4.14. The van der Waals surface area contributed by atoms with Gasteiger partial charge in [-0.3, -0.25) is 4.79 Å². The molecule has 26 heavy (non-hydrogen) atoms. The lowest BCUT2D eigenvalue weighted by Crippen LogP contribution is -2.33. The molecule has 0 spiro atoms. The number of halogens is 2. The number of carbonyl (C=O) groups is 1. The highest BCUT2D eigenvalue weighted by molar-refractivity contribution is 7.89. The molecule has 0 unspecified atom stereocenters. The zero-order valence-electron chi connectivity index (χ0n) is 14.2. The highest BCUT2D eigenvalue weighted by Crippen LogP contribution is 2.21. The van der Waals surface area contributed by atoms with Gasteiger partial charge in [-0.1, -0.05) is 35.3 Å². The molecule has 2 rings (SSSR count). The van der Waals surface area contributed by atoms with Crippen LogP contribution in [0.3, 0.4) is 0 Å². The zero-order valence-corrected chi connectivity index (χ0v) is 16.5. The molecule has 0 bridgehead atoms. The van der Waals surface area contributed by atoms with Crippen molar-refractivity contribution >= 4 is 39.2 Å². The number of ether oxygens (including phenoxy) is 1. The SMILES string of the molecule is CCOC(=O)CCN(Cc1ccc(Cl)cc1)S(=O)(=O)c1ccc(Cl)cc1. The summed E-state index contributed by atoms with van der Waals surface area (Å²) in [6.45, 7) is 2.07. The minimum Gasteiger partial charge on any atom is -0.466 e. The van der Waals surface area contributed by atoms with E-state index in [9.17, 15) is 13.2 Å². The Morgan fingerprint density at radius 2 is 1.54 bits per heavy atom. The number of hydrogen-bond donors (Lipinski definition) is 0. The first-order valence-corrected chi connectivity index (χ1v) is 10.2. The molecule has 0 saturated heterocycles. The van der Waals surface area contributed by atoms with E-state index in [-0.39, 0.29) is 31.0 Å². The Morgan fingerprint density at radius 3 is 2.08 bits per heavy atom. The molecule has 0 aromatic heterocycles. The molecule has 0 saturated carbocycles. The standard InChI is InChI=1S/C18H19Cl2NO4S/c1-2-25-18(22)11-12-21(13-14-3-5-15(19)6-4-14)26(23,24)17-9-7-16(20)8-10-17/h3-10H,2,11-13H2,1H3.